The summed E-state index contributed by atoms with van der Waals surface area (Å²) in [4.78, 5) is 20.7. The number of pyridine rings is 1. The van der Waals surface area contributed by atoms with Crippen LogP contribution >= 0.6 is 11.3 Å². The summed E-state index contributed by atoms with van der Waals surface area (Å²) in [5.74, 6) is -1.05. The number of rotatable bonds is 4. The highest BCUT2D eigenvalue weighted by molar-refractivity contribution is 7.14. The number of hydrogen-bond donors (Lipinski definition) is 2. The molecule has 4 rings (SSSR count). The highest BCUT2D eigenvalue weighted by Crippen LogP contribution is 2.30. The fraction of sp³-hybridized carbons (Fsp3) is 0.105. The first-order valence-corrected chi connectivity index (χ1v) is 9.13. The molecular weight excluding hydrogens is 365 g/mol. The molecule has 8 heteroatoms. The largest absolute Gasteiger partial charge is 0.355 e. The topological polar surface area (TPSA) is 71.3 Å². The summed E-state index contributed by atoms with van der Waals surface area (Å²) < 4.78 is 16.1. The van der Waals surface area contributed by atoms with Gasteiger partial charge in [0.05, 0.1) is 17.0 Å². The monoisotopic (exact) mass is 381 g/mol. The molecule has 0 aliphatic carbocycles. The van der Waals surface area contributed by atoms with Crippen LogP contribution in [-0.4, -0.2) is 27.3 Å². The van der Waals surface area contributed by atoms with Crippen LogP contribution in [0.15, 0.2) is 48.0 Å². The summed E-state index contributed by atoms with van der Waals surface area (Å²) >= 11 is 1.42. The number of imidazole rings is 1. The third kappa shape index (κ3) is 3.15. The lowest BCUT2D eigenvalue weighted by molar-refractivity contribution is 0.0959. The van der Waals surface area contributed by atoms with E-state index in [1.807, 2.05) is 41.1 Å². The van der Waals surface area contributed by atoms with E-state index >= 15 is 0 Å². The number of halogens is 1. The number of benzene rings is 1. The lowest BCUT2D eigenvalue weighted by Crippen LogP contribution is -2.19. The molecule has 136 valence electrons. The molecule has 3 aromatic heterocycles. The Bertz CT molecular complexity index is 1150. The number of aromatic nitrogens is 3. The molecule has 0 spiro atoms. The van der Waals surface area contributed by atoms with Gasteiger partial charge in [-0.15, -0.1) is 11.3 Å². The molecule has 0 atom stereocenters. The third-order valence-electron chi connectivity index (χ3n) is 4.14. The minimum Gasteiger partial charge on any atom is -0.355 e. The van der Waals surface area contributed by atoms with Crippen LogP contribution in [0.2, 0.25) is 0 Å². The third-order valence-corrected chi connectivity index (χ3v) is 4.90. The molecule has 0 saturated heterocycles. The van der Waals surface area contributed by atoms with E-state index in [0.29, 0.717) is 10.8 Å². The summed E-state index contributed by atoms with van der Waals surface area (Å²) in [5.41, 5.74) is 4.00. The van der Waals surface area contributed by atoms with Crippen LogP contribution in [0.1, 0.15) is 16.1 Å². The van der Waals surface area contributed by atoms with Crippen LogP contribution in [-0.2, 0) is 0 Å². The minimum absolute atomic E-state index is 0.00392. The maximum absolute atomic E-state index is 14.1. The Morgan fingerprint density at radius 3 is 2.85 bits per heavy atom. The molecule has 0 radical (unpaired) electrons. The molecule has 27 heavy (non-hydrogen) atoms. The molecule has 2 N–H and O–H groups in total. The second-order valence-electron chi connectivity index (χ2n) is 5.91. The van der Waals surface area contributed by atoms with Gasteiger partial charge in [0, 0.05) is 24.3 Å². The van der Waals surface area contributed by atoms with Crippen molar-refractivity contribution in [1.82, 2.24) is 19.7 Å². The zero-order valence-electron chi connectivity index (χ0n) is 14.7. The summed E-state index contributed by atoms with van der Waals surface area (Å²) in [5, 5.41) is 8.06. The highest BCUT2D eigenvalue weighted by atomic mass is 32.1. The number of amides is 1. The first-order valence-electron chi connectivity index (χ1n) is 8.25. The maximum Gasteiger partial charge on any atom is 0.253 e. The first-order chi connectivity index (χ1) is 13.1. The zero-order valence-corrected chi connectivity index (χ0v) is 15.5. The number of carbonyl (C=O) groups excluding carboxylic acids is 1. The number of nitrogens with one attached hydrogen (secondary N) is 2. The molecule has 0 aliphatic heterocycles. The maximum atomic E-state index is 14.1. The predicted octanol–water partition coefficient (Wildman–Crippen LogP) is 4.01. The zero-order chi connectivity index (χ0) is 19.0. The summed E-state index contributed by atoms with van der Waals surface area (Å²) in [6, 6.07) is 10.2. The van der Waals surface area contributed by atoms with E-state index in [-0.39, 0.29) is 5.56 Å². The van der Waals surface area contributed by atoms with Crippen molar-refractivity contribution >= 4 is 33.7 Å². The fourth-order valence-electron chi connectivity index (χ4n) is 2.90. The van der Waals surface area contributed by atoms with Gasteiger partial charge >= 0.3 is 0 Å². The average molecular weight is 381 g/mol. The smallest absolute Gasteiger partial charge is 0.253 e. The SMILES string of the molecule is CNC(=O)c1ccc(Nc2nc(-c3c(C)nc4ccccn34)cs2)cc1F. The normalized spacial score (nSPS) is 10.9. The second-order valence-corrected chi connectivity index (χ2v) is 6.77. The van der Waals surface area contributed by atoms with Gasteiger partial charge in [-0.1, -0.05) is 6.07 Å². The number of aryl methyl sites for hydroxylation is 1. The van der Waals surface area contributed by atoms with Crippen LogP contribution < -0.4 is 10.6 Å². The number of anilines is 2. The fourth-order valence-corrected chi connectivity index (χ4v) is 3.61. The predicted molar refractivity (Wildman–Crippen MR) is 104 cm³/mol. The molecule has 0 fully saturated rings. The van der Waals surface area contributed by atoms with Gasteiger partial charge in [-0.25, -0.2) is 14.4 Å². The molecule has 6 nitrogen and oxygen atoms in total. The Balaban J connectivity index is 1.63. The van der Waals surface area contributed by atoms with Crippen molar-refractivity contribution in [1.29, 1.82) is 0 Å². The lowest BCUT2D eigenvalue weighted by atomic mass is 10.2. The van der Waals surface area contributed by atoms with Crippen LogP contribution in [0.3, 0.4) is 0 Å². The van der Waals surface area contributed by atoms with E-state index in [1.165, 1.54) is 30.5 Å². The van der Waals surface area contributed by atoms with Gasteiger partial charge in [0.15, 0.2) is 5.13 Å². The number of carbonyl (C=O) groups is 1. The Morgan fingerprint density at radius 2 is 2.07 bits per heavy atom. The van der Waals surface area contributed by atoms with Gasteiger partial charge in [-0.05, 0) is 37.3 Å². The van der Waals surface area contributed by atoms with E-state index in [2.05, 4.69) is 20.6 Å². The first kappa shape index (κ1) is 17.2. The summed E-state index contributed by atoms with van der Waals surface area (Å²) in [6.07, 6.45) is 1.95. The van der Waals surface area contributed by atoms with Gasteiger partial charge in [0.1, 0.15) is 17.2 Å². The molecule has 1 aromatic carbocycles. The molecule has 1 amide bonds. The molecule has 0 aliphatic rings. The molecule has 0 bridgehead atoms. The molecular formula is C19H16FN5OS. The Morgan fingerprint density at radius 1 is 1.22 bits per heavy atom. The van der Waals surface area contributed by atoms with Crippen molar-refractivity contribution in [3.05, 3.63) is 65.0 Å². The Hall–Kier alpha value is -3.26. The highest BCUT2D eigenvalue weighted by Gasteiger charge is 2.15. The Kier molecular flexibility index (Phi) is 4.33. The minimum atomic E-state index is -0.589. The van der Waals surface area contributed by atoms with Crippen molar-refractivity contribution in [2.45, 2.75) is 6.92 Å². The summed E-state index contributed by atoms with van der Waals surface area (Å²) in [7, 11) is 1.47. The van der Waals surface area contributed by atoms with E-state index in [1.54, 1.807) is 6.07 Å². The van der Waals surface area contributed by atoms with Crippen molar-refractivity contribution in [3.63, 3.8) is 0 Å². The van der Waals surface area contributed by atoms with Crippen LogP contribution in [0, 0.1) is 12.7 Å². The quantitative estimate of drug-likeness (QED) is 0.560. The van der Waals surface area contributed by atoms with E-state index < -0.39 is 11.7 Å². The van der Waals surface area contributed by atoms with E-state index in [9.17, 15) is 9.18 Å². The molecule has 4 aromatic rings. The van der Waals surface area contributed by atoms with Crippen molar-refractivity contribution in [2.75, 3.05) is 12.4 Å². The van der Waals surface area contributed by atoms with Crippen LogP contribution in [0.5, 0.6) is 0 Å². The van der Waals surface area contributed by atoms with E-state index in [4.69, 9.17) is 0 Å². The van der Waals surface area contributed by atoms with Crippen molar-refractivity contribution < 1.29 is 9.18 Å². The number of nitrogens with zero attached hydrogens (tertiary/aromatic N) is 3. The summed E-state index contributed by atoms with van der Waals surface area (Å²) in [6.45, 7) is 1.95. The number of fused-ring (bicyclic) bond motifs is 1. The lowest BCUT2D eigenvalue weighted by Gasteiger charge is -2.06. The second kappa shape index (κ2) is 6.81. The molecule has 3 heterocycles. The van der Waals surface area contributed by atoms with E-state index in [0.717, 1.165) is 22.7 Å². The Labute approximate surface area is 158 Å². The number of hydrogen-bond acceptors (Lipinski definition) is 5. The van der Waals surface area contributed by atoms with Gasteiger partial charge in [0.25, 0.3) is 5.91 Å². The van der Waals surface area contributed by atoms with Gasteiger partial charge < -0.3 is 10.6 Å². The van der Waals surface area contributed by atoms with Crippen molar-refractivity contribution in [2.24, 2.45) is 0 Å². The van der Waals surface area contributed by atoms with Crippen LogP contribution in [0.25, 0.3) is 17.0 Å². The van der Waals surface area contributed by atoms with Crippen LogP contribution in [0.4, 0.5) is 15.2 Å². The number of thiazole rings is 1. The van der Waals surface area contributed by atoms with Crippen molar-refractivity contribution in [3.8, 4) is 11.4 Å². The van der Waals surface area contributed by atoms with Gasteiger partial charge in [0.2, 0.25) is 0 Å². The average Bonchev–Trinajstić information content (AvgIpc) is 3.24. The van der Waals surface area contributed by atoms with Gasteiger partial charge in [-0.3, -0.25) is 9.20 Å². The molecule has 0 unspecified atom stereocenters. The van der Waals surface area contributed by atoms with Gasteiger partial charge in [-0.2, -0.15) is 0 Å². The molecule has 0 saturated carbocycles. The standard InChI is InChI=1S/C19H16FN5OS/c1-11-17(25-8-4-3-5-16(25)22-11)15-10-27-19(24-15)23-12-6-7-13(14(20)9-12)18(26)21-2/h3-10H,1-2H3,(H,21,26)(H,23,24).